The highest BCUT2D eigenvalue weighted by Gasteiger charge is 2.17. The van der Waals surface area contributed by atoms with Crippen LogP contribution in [0.15, 0.2) is 30.5 Å². The summed E-state index contributed by atoms with van der Waals surface area (Å²) in [6.45, 7) is 5.19. The first kappa shape index (κ1) is 14.2. The number of rotatable bonds is 5. The van der Waals surface area contributed by atoms with Crippen molar-refractivity contribution in [2.24, 2.45) is 0 Å². The molecule has 1 saturated carbocycles. The van der Waals surface area contributed by atoms with Gasteiger partial charge in [-0.1, -0.05) is 44.0 Å². The summed E-state index contributed by atoms with van der Waals surface area (Å²) in [5.41, 5.74) is 3.91. The molecule has 1 aromatic heterocycles. The van der Waals surface area contributed by atoms with Crippen LogP contribution in [0.2, 0.25) is 0 Å². The van der Waals surface area contributed by atoms with Gasteiger partial charge < -0.3 is 9.88 Å². The molecule has 1 N–H and O–H groups in total. The van der Waals surface area contributed by atoms with E-state index in [4.69, 9.17) is 0 Å². The molecule has 0 unspecified atom stereocenters. The van der Waals surface area contributed by atoms with Gasteiger partial charge in [-0.2, -0.15) is 0 Å². The second-order valence-electron chi connectivity index (χ2n) is 6.08. The predicted molar refractivity (Wildman–Crippen MR) is 87.8 cm³/mol. The molecule has 0 radical (unpaired) electrons. The van der Waals surface area contributed by atoms with E-state index in [9.17, 15) is 0 Å². The zero-order valence-electron chi connectivity index (χ0n) is 13.1. The fraction of sp³-hybridized carbons (Fsp3) is 0.500. The lowest BCUT2D eigenvalue weighted by Crippen LogP contribution is -2.18. The monoisotopic (exact) mass is 283 g/mol. The Hall–Kier alpha value is -1.77. The Kier molecular flexibility index (Phi) is 4.28. The molecular weight excluding hydrogens is 258 g/mol. The summed E-state index contributed by atoms with van der Waals surface area (Å²) in [6.07, 6.45) is 8.47. The third kappa shape index (κ3) is 3.29. The van der Waals surface area contributed by atoms with Gasteiger partial charge in [-0.05, 0) is 37.3 Å². The quantitative estimate of drug-likeness (QED) is 0.893. The lowest BCUT2D eigenvalue weighted by Gasteiger charge is -2.16. The van der Waals surface area contributed by atoms with Gasteiger partial charge in [0.05, 0.1) is 12.2 Å². The number of benzene rings is 1. The summed E-state index contributed by atoms with van der Waals surface area (Å²) in [6, 6.07) is 9.31. The highest BCUT2D eigenvalue weighted by Crippen LogP contribution is 2.23. The van der Waals surface area contributed by atoms with Crippen LogP contribution in [-0.2, 0) is 13.0 Å². The van der Waals surface area contributed by atoms with Gasteiger partial charge >= 0.3 is 0 Å². The molecule has 3 heteroatoms. The highest BCUT2D eigenvalue weighted by atomic mass is 15.2. The van der Waals surface area contributed by atoms with Gasteiger partial charge in [0.15, 0.2) is 0 Å². The molecule has 112 valence electrons. The van der Waals surface area contributed by atoms with Crippen molar-refractivity contribution in [3.05, 3.63) is 47.3 Å². The van der Waals surface area contributed by atoms with Crippen molar-refractivity contribution in [3.8, 4) is 0 Å². The molecule has 2 aromatic rings. The summed E-state index contributed by atoms with van der Waals surface area (Å²) >= 11 is 0. The lowest BCUT2D eigenvalue weighted by molar-refractivity contribution is 0.714. The van der Waals surface area contributed by atoms with Crippen molar-refractivity contribution in [1.29, 1.82) is 0 Å². The first-order valence-electron chi connectivity index (χ1n) is 8.13. The average Bonchev–Trinajstić information content (AvgIpc) is 3.10. The molecule has 0 aliphatic heterocycles. The van der Waals surface area contributed by atoms with E-state index in [2.05, 4.69) is 59.2 Å². The van der Waals surface area contributed by atoms with Gasteiger partial charge in [0.1, 0.15) is 0 Å². The number of aryl methyl sites for hydroxylation is 2. The van der Waals surface area contributed by atoms with Crippen LogP contribution < -0.4 is 5.32 Å². The van der Waals surface area contributed by atoms with Crippen LogP contribution in [0.25, 0.3) is 0 Å². The number of nitrogens with one attached hydrogen (secondary N) is 1. The van der Waals surface area contributed by atoms with Crippen LogP contribution in [0.4, 0.5) is 5.95 Å². The summed E-state index contributed by atoms with van der Waals surface area (Å²) in [5.74, 6) is 1.03. The van der Waals surface area contributed by atoms with Crippen molar-refractivity contribution in [3.63, 3.8) is 0 Å². The van der Waals surface area contributed by atoms with Crippen molar-refractivity contribution >= 4 is 5.95 Å². The van der Waals surface area contributed by atoms with Crippen LogP contribution in [0.3, 0.4) is 0 Å². The molecule has 0 bridgehead atoms. The van der Waals surface area contributed by atoms with Crippen LogP contribution in [0, 0.1) is 6.92 Å². The van der Waals surface area contributed by atoms with E-state index in [1.54, 1.807) is 0 Å². The zero-order valence-corrected chi connectivity index (χ0v) is 13.1. The van der Waals surface area contributed by atoms with Crippen molar-refractivity contribution in [2.45, 2.75) is 58.5 Å². The Bertz CT molecular complexity index is 594. The Morgan fingerprint density at radius 2 is 1.90 bits per heavy atom. The molecular formula is C18H25N3. The minimum absolute atomic E-state index is 0.604. The highest BCUT2D eigenvalue weighted by molar-refractivity contribution is 5.34. The minimum atomic E-state index is 0.604. The first-order chi connectivity index (χ1) is 10.3. The predicted octanol–water partition coefficient (Wildman–Crippen LogP) is 4.16. The number of anilines is 1. The molecule has 3 nitrogen and oxygen atoms in total. The van der Waals surface area contributed by atoms with E-state index in [1.807, 2.05) is 0 Å². The van der Waals surface area contributed by atoms with E-state index in [-0.39, 0.29) is 0 Å². The van der Waals surface area contributed by atoms with Crippen molar-refractivity contribution < 1.29 is 0 Å². The third-order valence-corrected chi connectivity index (χ3v) is 4.43. The largest absolute Gasteiger partial charge is 0.353 e. The van der Waals surface area contributed by atoms with Crippen LogP contribution >= 0.6 is 0 Å². The topological polar surface area (TPSA) is 29.9 Å². The normalized spacial score (nSPS) is 15.5. The molecule has 1 fully saturated rings. The van der Waals surface area contributed by atoms with Gasteiger partial charge in [0.25, 0.3) is 0 Å². The molecule has 1 aliphatic rings. The molecule has 0 amide bonds. The molecule has 3 rings (SSSR count). The van der Waals surface area contributed by atoms with Crippen LogP contribution in [-0.4, -0.2) is 15.6 Å². The number of aromatic nitrogens is 2. The summed E-state index contributed by atoms with van der Waals surface area (Å²) in [5, 5.41) is 3.64. The summed E-state index contributed by atoms with van der Waals surface area (Å²) in [4.78, 5) is 4.68. The first-order valence-corrected chi connectivity index (χ1v) is 8.13. The SMILES string of the molecule is CCc1ccccc1Cn1cc(C)nc1NC1CCCC1. The van der Waals surface area contributed by atoms with E-state index in [0.29, 0.717) is 6.04 Å². The van der Waals surface area contributed by atoms with E-state index < -0.39 is 0 Å². The Morgan fingerprint density at radius 1 is 1.19 bits per heavy atom. The van der Waals surface area contributed by atoms with E-state index in [0.717, 1.165) is 24.6 Å². The third-order valence-electron chi connectivity index (χ3n) is 4.43. The minimum Gasteiger partial charge on any atom is -0.353 e. The van der Waals surface area contributed by atoms with Gasteiger partial charge in [-0.3, -0.25) is 0 Å². The number of hydrogen-bond donors (Lipinski definition) is 1. The maximum Gasteiger partial charge on any atom is 0.203 e. The van der Waals surface area contributed by atoms with Crippen LogP contribution in [0.1, 0.15) is 49.4 Å². The Labute approximate surface area is 127 Å². The summed E-state index contributed by atoms with van der Waals surface area (Å²) < 4.78 is 2.27. The van der Waals surface area contributed by atoms with Crippen molar-refractivity contribution in [1.82, 2.24) is 9.55 Å². The molecule has 1 aliphatic carbocycles. The zero-order chi connectivity index (χ0) is 14.7. The molecule has 1 heterocycles. The molecule has 21 heavy (non-hydrogen) atoms. The fourth-order valence-electron chi connectivity index (χ4n) is 3.28. The van der Waals surface area contributed by atoms with Crippen molar-refractivity contribution in [2.75, 3.05) is 5.32 Å². The number of imidazole rings is 1. The average molecular weight is 283 g/mol. The van der Waals surface area contributed by atoms with E-state index in [1.165, 1.54) is 36.8 Å². The van der Waals surface area contributed by atoms with Gasteiger partial charge in [0, 0.05) is 12.2 Å². The molecule has 1 aromatic carbocycles. The fourth-order valence-corrected chi connectivity index (χ4v) is 3.28. The summed E-state index contributed by atoms with van der Waals surface area (Å²) in [7, 11) is 0. The van der Waals surface area contributed by atoms with Gasteiger partial charge in [-0.15, -0.1) is 0 Å². The second kappa shape index (κ2) is 6.33. The Morgan fingerprint density at radius 3 is 2.62 bits per heavy atom. The number of hydrogen-bond acceptors (Lipinski definition) is 2. The van der Waals surface area contributed by atoms with Gasteiger partial charge in [0.2, 0.25) is 5.95 Å². The van der Waals surface area contributed by atoms with Gasteiger partial charge in [-0.25, -0.2) is 4.98 Å². The lowest BCUT2D eigenvalue weighted by atomic mass is 10.1. The van der Waals surface area contributed by atoms with E-state index >= 15 is 0 Å². The standard InChI is InChI=1S/C18H25N3/c1-3-15-8-4-5-9-16(15)13-21-12-14(2)19-18(21)20-17-10-6-7-11-17/h4-5,8-9,12,17H,3,6-7,10-11,13H2,1-2H3,(H,19,20). The maximum absolute atomic E-state index is 4.68. The van der Waals surface area contributed by atoms with Crippen LogP contribution in [0.5, 0.6) is 0 Å². The Balaban J connectivity index is 1.81. The molecule has 0 spiro atoms. The second-order valence-corrected chi connectivity index (χ2v) is 6.08. The molecule has 0 saturated heterocycles. The molecule has 0 atom stereocenters. The number of nitrogens with zero attached hydrogens (tertiary/aromatic N) is 2. The maximum atomic E-state index is 4.68. The smallest absolute Gasteiger partial charge is 0.203 e.